The smallest absolute Gasteiger partial charge is 0.411 e. The summed E-state index contributed by atoms with van der Waals surface area (Å²) >= 11 is 19.2. The van der Waals surface area contributed by atoms with Crippen LogP contribution in [-0.2, 0) is 42.3 Å². The second-order valence-corrected chi connectivity index (χ2v) is 5.56. The largest absolute Gasteiger partial charge is 2.00 e. The van der Waals surface area contributed by atoms with E-state index < -0.39 is 0 Å². The molecule has 0 aliphatic rings. The summed E-state index contributed by atoms with van der Waals surface area (Å²) in [6, 6.07) is 0. The Labute approximate surface area is 161 Å². The summed E-state index contributed by atoms with van der Waals surface area (Å²) in [6.45, 7) is 17.1. The fourth-order valence-corrected chi connectivity index (χ4v) is 1.67. The van der Waals surface area contributed by atoms with Crippen LogP contribution in [0, 0.1) is 0 Å². The second kappa shape index (κ2) is 17.8. The van der Waals surface area contributed by atoms with Crippen LogP contribution in [0.5, 0.6) is 0 Å². The maximum atomic E-state index is 4.79. The van der Waals surface area contributed by atoms with E-state index in [4.69, 9.17) is 49.7 Å². The Morgan fingerprint density at radius 3 is 1.00 bits per heavy atom. The fraction of sp³-hybridized carbons (Fsp3) is 0.286. The number of hydrogen-bond donors (Lipinski definition) is 0. The molecule has 21 heavy (non-hydrogen) atoms. The van der Waals surface area contributed by atoms with Gasteiger partial charge in [0.25, 0.3) is 0 Å². The molecular formula is C14H20CuN2S4. The van der Waals surface area contributed by atoms with Crippen molar-refractivity contribution in [2.24, 2.45) is 0 Å². The van der Waals surface area contributed by atoms with Crippen molar-refractivity contribution in [1.82, 2.24) is 9.80 Å². The summed E-state index contributed by atoms with van der Waals surface area (Å²) < 4.78 is 0.944. The van der Waals surface area contributed by atoms with E-state index in [2.05, 4.69) is 26.3 Å². The molecule has 0 spiro atoms. The molecule has 0 rings (SSSR count). The molecule has 0 aromatic heterocycles. The Morgan fingerprint density at radius 2 is 0.905 bits per heavy atom. The third-order valence-corrected chi connectivity index (χ3v) is 2.95. The number of hydrogen-bond acceptors (Lipinski definition) is 4. The molecule has 0 saturated carbocycles. The first-order valence-electron chi connectivity index (χ1n) is 5.79. The third-order valence-electron chi connectivity index (χ3n) is 1.91. The summed E-state index contributed by atoms with van der Waals surface area (Å²) in [5.41, 5.74) is 0. The minimum absolute atomic E-state index is 0. The molecule has 0 aromatic rings. The summed E-state index contributed by atoms with van der Waals surface area (Å²) in [4.78, 5) is 3.68. The molecule has 0 aliphatic carbocycles. The van der Waals surface area contributed by atoms with Gasteiger partial charge in [-0.15, -0.1) is 26.3 Å². The van der Waals surface area contributed by atoms with E-state index in [1.54, 1.807) is 24.3 Å². The van der Waals surface area contributed by atoms with E-state index in [1.165, 1.54) is 0 Å². The predicted molar refractivity (Wildman–Crippen MR) is 104 cm³/mol. The molecule has 2 nitrogen and oxygen atoms in total. The molecule has 7 heteroatoms. The Bertz CT molecular complexity index is 305. The molecule has 1 radical (unpaired) electrons. The number of nitrogens with zero attached hydrogens (tertiary/aromatic N) is 2. The van der Waals surface area contributed by atoms with Gasteiger partial charge < -0.3 is 59.5 Å². The summed E-state index contributed by atoms with van der Waals surface area (Å²) in [5.74, 6) is 0. The Balaban J connectivity index is -0.000000295. The number of thiocarbonyl (C=S) groups is 2. The van der Waals surface area contributed by atoms with Gasteiger partial charge in [-0.3, -0.25) is 0 Å². The van der Waals surface area contributed by atoms with Crippen molar-refractivity contribution >= 4 is 58.3 Å². The molecule has 0 fully saturated rings. The van der Waals surface area contributed by atoms with Crippen LogP contribution in [0.2, 0.25) is 0 Å². The van der Waals surface area contributed by atoms with Crippen LogP contribution < -0.4 is 0 Å². The molecule has 0 unspecified atom stereocenters. The van der Waals surface area contributed by atoms with Crippen LogP contribution in [-0.4, -0.2) is 44.6 Å². The summed E-state index contributed by atoms with van der Waals surface area (Å²) in [5, 5.41) is 0. The molecule has 0 aromatic carbocycles. The molecule has 0 saturated heterocycles. The quantitative estimate of drug-likeness (QED) is 0.262. The van der Waals surface area contributed by atoms with Gasteiger partial charge in [0.2, 0.25) is 0 Å². The summed E-state index contributed by atoms with van der Waals surface area (Å²) in [6.07, 6.45) is 7.06. The molecular weight excluding hydrogens is 388 g/mol. The fourth-order valence-electron chi connectivity index (χ4n) is 1.07. The van der Waals surface area contributed by atoms with Gasteiger partial charge in [0.15, 0.2) is 0 Å². The van der Waals surface area contributed by atoms with E-state index in [0.717, 1.165) is 0 Å². The average Bonchev–Trinajstić information content (AvgIpc) is 2.38. The van der Waals surface area contributed by atoms with Gasteiger partial charge in [-0.2, -0.15) is 0 Å². The third kappa shape index (κ3) is 15.9. The van der Waals surface area contributed by atoms with Gasteiger partial charge in [-0.25, -0.2) is 0 Å². The van der Waals surface area contributed by atoms with Crippen LogP contribution in [0.4, 0.5) is 0 Å². The van der Waals surface area contributed by atoms with Crippen LogP contribution in [0.3, 0.4) is 0 Å². The van der Waals surface area contributed by atoms with Gasteiger partial charge in [-0.1, -0.05) is 32.9 Å². The van der Waals surface area contributed by atoms with E-state index >= 15 is 0 Å². The minimum Gasteiger partial charge on any atom is -0.411 e. The minimum atomic E-state index is 0. The van der Waals surface area contributed by atoms with Crippen molar-refractivity contribution in [1.29, 1.82) is 0 Å². The Hall–Kier alpha value is -0.301. The molecule has 0 bridgehead atoms. The zero-order chi connectivity index (χ0) is 16.0. The van der Waals surface area contributed by atoms with E-state index in [1.807, 2.05) is 9.80 Å². The van der Waals surface area contributed by atoms with Gasteiger partial charge >= 0.3 is 17.1 Å². The van der Waals surface area contributed by atoms with Crippen LogP contribution in [0.1, 0.15) is 0 Å². The Kier molecular flexibility index (Phi) is 21.7. The second-order valence-electron chi connectivity index (χ2n) is 3.50. The van der Waals surface area contributed by atoms with Crippen molar-refractivity contribution < 1.29 is 17.1 Å². The normalized spacial score (nSPS) is 8.00. The van der Waals surface area contributed by atoms with Gasteiger partial charge in [-0.05, 0) is 0 Å². The van der Waals surface area contributed by atoms with E-state index in [0.29, 0.717) is 34.8 Å². The molecule has 0 amide bonds. The Morgan fingerprint density at radius 1 is 0.714 bits per heavy atom. The van der Waals surface area contributed by atoms with Crippen LogP contribution >= 0.6 is 24.4 Å². The van der Waals surface area contributed by atoms with Crippen LogP contribution in [0.25, 0.3) is 0 Å². The topological polar surface area (TPSA) is 6.48 Å². The van der Waals surface area contributed by atoms with E-state index in [9.17, 15) is 0 Å². The average molecular weight is 408 g/mol. The zero-order valence-electron chi connectivity index (χ0n) is 11.8. The predicted octanol–water partition coefficient (Wildman–Crippen LogP) is 2.98. The zero-order valence-corrected chi connectivity index (χ0v) is 16.0. The first-order chi connectivity index (χ1) is 9.44. The van der Waals surface area contributed by atoms with Crippen molar-refractivity contribution in [3.05, 3.63) is 50.6 Å². The maximum absolute atomic E-state index is 4.79. The first kappa shape index (κ1) is 25.6. The van der Waals surface area contributed by atoms with Crippen LogP contribution in [0.15, 0.2) is 50.6 Å². The number of rotatable bonds is 8. The molecule has 0 N–H and O–H groups in total. The molecule has 0 aliphatic heterocycles. The van der Waals surface area contributed by atoms with Crippen molar-refractivity contribution in [3.8, 4) is 0 Å². The van der Waals surface area contributed by atoms with Gasteiger partial charge in [0.1, 0.15) is 0 Å². The SMILES string of the molecule is C=CCN(CC=C)C(=S)[S-].C=CCN(CC=C)C(=S)[S-].[Cu+2]. The van der Waals surface area contributed by atoms with Gasteiger partial charge in [0, 0.05) is 26.2 Å². The molecule has 0 heterocycles. The summed E-state index contributed by atoms with van der Waals surface area (Å²) in [7, 11) is 0. The van der Waals surface area contributed by atoms with Gasteiger partial charge in [0.05, 0.1) is 0 Å². The molecule has 121 valence electrons. The van der Waals surface area contributed by atoms with Crippen molar-refractivity contribution in [3.63, 3.8) is 0 Å². The van der Waals surface area contributed by atoms with E-state index in [-0.39, 0.29) is 17.1 Å². The maximum Gasteiger partial charge on any atom is 2.00 e. The molecule has 0 atom stereocenters. The first-order valence-corrected chi connectivity index (χ1v) is 7.43. The van der Waals surface area contributed by atoms with Crippen molar-refractivity contribution in [2.45, 2.75) is 0 Å². The van der Waals surface area contributed by atoms with Crippen molar-refractivity contribution in [2.75, 3.05) is 26.2 Å². The standard InChI is InChI=1S/2C7H11NS2.Cu/c2*1-3-5-8(6-4-2)7(9)10;/h2*3-4H,1-2,5-6H2,(H,9,10);/q;;+2/p-2. The monoisotopic (exact) mass is 407 g/mol.